The molecule has 0 aliphatic carbocycles. The standard InChI is InChI=1S/C18H27N3O3S/c22-17(4-1-6-19-18(23)15-5-12-25-14-15)21-9-7-20(8-10-21)13-16-3-2-11-24-16/h5,12,14,16H,1-4,6-11,13H2,(H,19,23). The number of carbonyl (C=O) groups excluding carboxylic acids is 2. The molecule has 2 aliphatic rings. The summed E-state index contributed by atoms with van der Waals surface area (Å²) >= 11 is 1.51. The van der Waals surface area contributed by atoms with Crippen LogP contribution in [0.5, 0.6) is 0 Å². The molecule has 2 saturated heterocycles. The lowest BCUT2D eigenvalue weighted by Gasteiger charge is -2.35. The lowest BCUT2D eigenvalue weighted by Crippen LogP contribution is -2.50. The van der Waals surface area contributed by atoms with Gasteiger partial charge in [0.25, 0.3) is 5.91 Å². The average molecular weight is 365 g/mol. The second-order valence-corrected chi connectivity index (χ2v) is 7.47. The predicted molar refractivity (Wildman–Crippen MR) is 97.9 cm³/mol. The van der Waals surface area contributed by atoms with Crippen LogP contribution in [0.2, 0.25) is 0 Å². The molecule has 0 spiro atoms. The van der Waals surface area contributed by atoms with Gasteiger partial charge in [-0.3, -0.25) is 14.5 Å². The molecule has 25 heavy (non-hydrogen) atoms. The Kier molecular flexibility index (Phi) is 6.84. The molecule has 2 amide bonds. The van der Waals surface area contributed by atoms with Gasteiger partial charge in [0.1, 0.15) is 0 Å². The van der Waals surface area contributed by atoms with E-state index in [4.69, 9.17) is 4.74 Å². The van der Waals surface area contributed by atoms with Crippen molar-refractivity contribution >= 4 is 23.2 Å². The van der Waals surface area contributed by atoms with Crippen LogP contribution in [-0.4, -0.2) is 73.6 Å². The summed E-state index contributed by atoms with van der Waals surface area (Å²) in [6.45, 7) is 5.89. The largest absolute Gasteiger partial charge is 0.377 e. The van der Waals surface area contributed by atoms with Gasteiger partial charge in [-0.25, -0.2) is 0 Å². The lowest BCUT2D eigenvalue weighted by atomic mass is 10.2. The molecule has 1 aromatic rings. The van der Waals surface area contributed by atoms with Gasteiger partial charge in [0.05, 0.1) is 6.10 Å². The second-order valence-electron chi connectivity index (χ2n) is 6.69. The second kappa shape index (κ2) is 9.31. The Balaban J connectivity index is 1.28. The van der Waals surface area contributed by atoms with Crippen molar-refractivity contribution in [2.45, 2.75) is 31.8 Å². The molecule has 2 fully saturated rings. The molecule has 0 aromatic carbocycles. The zero-order chi connectivity index (χ0) is 17.5. The Bertz CT molecular complexity index is 550. The van der Waals surface area contributed by atoms with Crippen molar-refractivity contribution in [1.82, 2.24) is 15.1 Å². The number of nitrogens with one attached hydrogen (secondary N) is 1. The molecule has 3 heterocycles. The fraction of sp³-hybridized carbons (Fsp3) is 0.667. The van der Waals surface area contributed by atoms with Crippen molar-refractivity contribution < 1.29 is 14.3 Å². The molecular formula is C18H27N3O3S. The summed E-state index contributed by atoms with van der Waals surface area (Å²) in [6, 6.07) is 1.81. The Morgan fingerprint density at radius 3 is 2.80 bits per heavy atom. The third-order valence-electron chi connectivity index (χ3n) is 4.85. The van der Waals surface area contributed by atoms with Gasteiger partial charge in [0.15, 0.2) is 0 Å². The summed E-state index contributed by atoms with van der Waals surface area (Å²) in [4.78, 5) is 28.5. The molecule has 6 nitrogen and oxygen atoms in total. The SMILES string of the molecule is O=C(NCCCC(=O)N1CCN(CC2CCCO2)CC1)c1ccsc1. The van der Waals surface area contributed by atoms with E-state index in [1.807, 2.05) is 15.7 Å². The van der Waals surface area contributed by atoms with Crippen molar-refractivity contribution in [2.24, 2.45) is 0 Å². The monoisotopic (exact) mass is 365 g/mol. The lowest BCUT2D eigenvalue weighted by molar-refractivity contribution is -0.133. The summed E-state index contributed by atoms with van der Waals surface area (Å²) in [5.74, 6) is 0.137. The molecule has 1 atom stereocenters. The molecule has 1 aromatic heterocycles. The van der Waals surface area contributed by atoms with E-state index in [2.05, 4.69) is 10.2 Å². The first-order chi connectivity index (χ1) is 12.2. The minimum Gasteiger partial charge on any atom is -0.377 e. The van der Waals surface area contributed by atoms with Gasteiger partial charge in [0.2, 0.25) is 5.91 Å². The van der Waals surface area contributed by atoms with Gasteiger partial charge in [-0.1, -0.05) is 0 Å². The van der Waals surface area contributed by atoms with E-state index in [-0.39, 0.29) is 11.8 Å². The zero-order valence-corrected chi connectivity index (χ0v) is 15.4. The zero-order valence-electron chi connectivity index (χ0n) is 14.6. The van der Waals surface area contributed by atoms with Crippen molar-refractivity contribution in [1.29, 1.82) is 0 Å². The molecular weight excluding hydrogens is 338 g/mol. The van der Waals surface area contributed by atoms with Crippen molar-refractivity contribution in [3.8, 4) is 0 Å². The van der Waals surface area contributed by atoms with Crippen LogP contribution < -0.4 is 5.32 Å². The molecule has 0 radical (unpaired) electrons. The maximum Gasteiger partial charge on any atom is 0.252 e. The summed E-state index contributed by atoms with van der Waals surface area (Å²) in [7, 11) is 0. The number of ether oxygens (including phenoxy) is 1. The van der Waals surface area contributed by atoms with Crippen LogP contribution in [-0.2, 0) is 9.53 Å². The fourth-order valence-corrected chi connectivity index (χ4v) is 3.99. The molecule has 1 N–H and O–H groups in total. The Morgan fingerprint density at radius 2 is 2.12 bits per heavy atom. The highest BCUT2D eigenvalue weighted by Crippen LogP contribution is 2.15. The minimum absolute atomic E-state index is 0.0588. The van der Waals surface area contributed by atoms with Crippen LogP contribution in [0.1, 0.15) is 36.0 Å². The third-order valence-corrected chi connectivity index (χ3v) is 5.53. The molecule has 0 bridgehead atoms. The van der Waals surface area contributed by atoms with Crippen molar-refractivity contribution in [3.63, 3.8) is 0 Å². The first kappa shape index (κ1) is 18.4. The Labute approximate surface area is 153 Å². The summed E-state index contributed by atoms with van der Waals surface area (Å²) in [5, 5.41) is 6.58. The van der Waals surface area contributed by atoms with Gasteiger partial charge < -0.3 is 15.0 Å². The average Bonchev–Trinajstić information content (AvgIpc) is 3.32. The maximum absolute atomic E-state index is 12.3. The summed E-state index contributed by atoms with van der Waals surface area (Å²) in [6.07, 6.45) is 3.90. The molecule has 2 aliphatic heterocycles. The van der Waals surface area contributed by atoms with E-state index in [1.54, 1.807) is 6.07 Å². The van der Waals surface area contributed by atoms with Crippen LogP contribution >= 0.6 is 11.3 Å². The van der Waals surface area contributed by atoms with Gasteiger partial charge in [-0.2, -0.15) is 11.3 Å². The van der Waals surface area contributed by atoms with Gasteiger partial charge in [0, 0.05) is 63.2 Å². The van der Waals surface area contributed by atoms with Crippen molar-refractivity contribution in [2.75, 3.05) is 45.9 Å². The van der Waals surface area contributed by atoms with E-state index in [1.165, 1.54) is 17.8 Å². The van der Waals surface area contributed by atoms with E-state index >= 15 is 0 Å². The number of amides is 2. The maximum atomic E-state index is 12.3. The van der Waals surface area contributed by atoms with Gasteiger partial charge in [-0.05, 0) is 30.7 Å². The van der Waals surface area contributed by atoms with Crippen LogP contribution in [0.25, 0.3) is 0 Å². The fourth-order valence-electron chi connectivity index (χ4n) is 3.35. The highest BCUT2D eigenvalue weighted by molar-refractivity contribution is 7.08. The summed E-state index contributed by atoms with van der Waals surface area (Å²) < 4.78 is 5.69. The quantitative estimate of drug-likeness (QED) is 0.746. The smallest absolute Gasteiger partial charge is 0.252 e. The van der Waals surface area contributed by atoms with Gasteiger partial charge in [-0.15, -0.1) is 0 Å². The van der Waals surface area contributed by atoms with Gasteiger partial charge >= 0.3 is 0 Å². The Morgan fingerprint density at radius 1 is 1.28 bits per heavy atom. The number of hydrogen-bond donors (Lipinski definition) is 1. The third kappa shape index (κ3) is 5.52. The van der Waals surface area contributed by atoms with Crippen LogP contribution in [0.3, 0.4) is 0 Å². The number of piperazine rings is 1. The van der Waals surface area contributed by atoms with Crippen molar-refractivity contribution in [3.05, 3.63) is 22.4 Å². The minimum atomic E-state index is -0.0588. The van der Waals surface area contributed by atoms with Crippen LogP contribution in [0.15, 0.2) is 16.8 Å². The van der Waals surface area contributed by atoms with E-state index in [0.29, 0.717) is 31.1 Å². The molecule has 7 heteroatoms. The highest BCUT2D eigenvalue weighted by atomic mass is 32.1. The number of carbonyl (C=O) groups is 2. The number of nitrogens with zero attached hydrogens (tertiary/aromatic N) is 2. The number of rotatable bonds is 7. The van der Waals surface area contributed by atoms with Crippen LogP contribution in [0, 0.1) is 0 Å². The number of thiophene rings is 1. The highest BCUT2D eigenvalue weighted by Gasteiger charge is 2.24. The Hall–Kier alpha value is -1.44. The molecule has 0 saturated carbocycles. The first-order valence-corrected chi connectivity index (χ1v) is 10.1. The topological polar surface area (TPSA) is 61.9 Å². The molecule has 138 valence electrons. The van der Waals surface area contributed by atoms with E-state index in [9.17, 15) is 9.59 Å². The summed E-state index contributed by atoms with van der Waals surface area (Å²) in [5.41, 5.74) is 0.693. The predicted octanol–water partition coefficient (Wildman–Crippen LogP) is 1.58. The van der Waals surface area contributed by atoms with E-state index in [0.717, 1.165) is 45.8 Å². The van der Waals surface area contributed by atoms with E-state index < -0.39 is 0 Å². The number of hydrogen-bond acceptors (Lipinski definition) is 5. The molecule has 1 unspecified atom stereocenters. The molecule has 3 rings (SSSR count). The first-order valence-electron chi connectivity index (χ1n) is 9.14. The van der Waals surface area contributed by atoms with Crippen LogP contribution in [0.4, 0.5) is 0 Å². The normalized spacial score (nSPS) is 21.4.